The number of rotatable bonds is 5. The van der Waals surface area contributed by atoms with Crippen LogP contribution < -0.4 is 5.73 Å². The number of halogens is 1. The molecule has 2 N–H and O–H groups in total. The summed E-state index contributed by atoms with van der Waals surface area (Å²) in [7, 11) is 1.68. The Kier molecular flexibility index (Phi) is 4.94. The smallest absolute Gasteiger partial charge is 0.0477 e. The maximum absolute atomic E-state index is 6.02. The van der Waals surface area contributed by atoms with Gasteiger partial charge in [0, 0.05) is 24.8 Å². The summed E-state index contributed by atoms with van der Waals surface area (Å²) in [6.45, 7) is 0.700. The highest BCUT2D eigenvalue weighted by Crippen LogP contribution is 2.16. The van der Waals surface area contributed by atoms with Crippen LogP contribution in [0.5, 0.6) is 0 Å². The average molecular weight is 214 g/mol. The minimum Gasteiger partial charge on any atom is -0.385 e. The van der Waals surface area contributed by atoms with E-state index >= 15 is 0 Å². The van der Waals surface area contributed by atoms with Crippen LogP contribution in [0.3, 0.4) is 0 Å². The second kappa shape index (κ2) is 6.02. The molecular weight excluding hydrogens is 198 g/mol. The van der Waals surface area contributed by atoms with Crippen molar-refractivity contribution >= 4 is 11.6 Å². The molecule has 14 heavy (non-hydrogen) atoms. The zero-order chi connectivity index (χ0) is 10.4. The van der Waals surface area contributed by atoms with Gasteiger partial charge >= 0.3 is 0 Å². The van der Waals surface area contributed by atoms with Crippen LogP contribution in [-0.4, -0.2) is 19.8 Å². The number of ether oxygens (including phenoxy) is 1. The van der Waals surface area contributed by atoms with Gasteiger partial charge in [0.1, 0.15) is 0 Å². The predicted octanol–water partition coefficient (Wildman–Crippen LogP) is 2.25. The first-order valence-corrected chi connectivity index (χ1v) is 5.09. The summed E-state index contributed by atoms with van der Waals surface area (Å²) in [5.41, 5.74) is 7.03. The van der Waals surface area contributed by atoms with Crippen LogP contribution in [0.2, 0.25) is 5.02 Å². The van der Waals surface area contributed by atoms with Crippen molar-refractivity contribution in [3.8, 4) is 0 Å². The van der Waals surface area contributed by atoms with Crippen LogP contribution in [-0.2, 0) is 11.2 Å². The fourth-order valence-electron chi connectivity index (χ4n) is 1.32. The van der Waals surface area contributed by atoms with Crippen molar-refractivity contribution in [1.82, 2.24) is 0 Å². The Labute approximate surface area is 90.0 Å². The van der Waals surface area contributed by atoms with E-state index in [1.807, 2.05) is 24.3 Å². The minimum atomic E-state index is 0.120. The third kappa shape index (κ3) is 3.66. The average Bonchev–Trinajstić information content (AvgIpc) is 2.18. The Balaban J connectivity index is 2.47. The Bertz CT molecular complexity index is 278. The summed E-state index contributed by atoms with van der Waals surface area (Å²) in [5.74, 6) is 0. The summed E-state index contributed by atoms with van der Waals surface area (Å²) >= 11 is 6.02. The molecule has 0 spiro atoms. The molecule has 1 unspecified atom stereocenters. The standard InChI is InChI=1S/C11H16ClNO/c1-14-7-6-10(13)8-9-4-2-3-5-11(9)12/h2-5,10H,6-8,13H2,1H3. The molecule has 0 aliphatic rings. The second-order valence-electron chi connectivity index (χ2n) is 3.34. The van der Waals surface area contributed by atoms with E-state index in [0.29, 0.717) is 6.61 Å². The maximum atomic E-state index is 6.02. The van der Waals surface area contributed by atoms with Crippen LogP contribution >= 0.6 is 11.6 Å². The summed E-state index contributed by atoms with van der Waals surface area (Å²) in [6.07, 6.45) is 1.67. The van der Waals surface area contributed by atoms with Gasteiger partial charge in [-0.2, -0.15) is 0 Å². The fraction of sp³-hybridized carbons (Fsp3) is 0.455. The largest absolute Gasteiger partial charge is 0.385 e. The third-order valence-corrected chi connectivity index (χ3v) is 2.50. The van der Waals surface area contributed by atoms with Crippen molar-refractivity contribution in [3.63, 3.8) is 0 Å². The molecule has 1 rings (SSSR count). The van der Waals surface area contributed by atoms with Gasteiger partial charge in [-0.15, -0.1) is 0 Å². The third-order valence-electron chi connectivity index (χ3n) is 2.13. The van der Waals surface area contributed by atoms with Crippen molar-refractivity contribution in [2.75, 3.05) is 13.7 Å². The number of nitrogens with two attached hydrogens (primary N) is 1. The highest BCUT2D eigenvalue weighted by molar-refractivity contribution is 6.31. The highest BCUT2D eigenvalue weighted by Gasteiger charge is 2.06. The molecule has 0 saturated heterocycles. The summed E-state index contributed by atoms with van der Waals surface area (Å²) in [6, 6.07) is 7.92. The van der Waals surface area contributed by atoms with E-state index in [9.17, 15) is 0 Å². The molecular formula is C11H16ClNO. The molecule has 1 aromatic carbocycles. The summed E-state index contributed by atoms with van der Waals surface area (Å²) in [4.78, 5) is 0. The lowest BCUT2D eigenvalue weighted by Crippen LogP contribution is -2.24. The van der Waals surface area contributed by atoms with Gasteiger partial charge in [0.15, 0.2) is 0 Å². The van der Waals surface area contributed by atoms with Gasteiger partial charge in [0.05, 0.1) is 0 Å². The van der Waals surface area contributed by atoms with Crippen LogP contribution in [0.4, 0.5) is 0 Å². The highest BCUT2D eigenvalue weighted by atomic mass is 35.5. The van der Waals surface area contributed by atoms with Crippen LogP contribution in [0.1, 0.15) is 12.0 Å². The Morgan fingerprint density at radius 1 is 1.43 bits per heavy atom. The van der Waals surface area contributed by atoms with Gasteiger partial charge in [0.25, 0.3) is 0 Å². The second-order valence-corrected chi connectivity index (χ2v) is 3.74. The Morgan fingerprint density at radius 2 is 2.14 bits per heavy atom. The predicted molar refractivity (Wildman–Crippen MR) is 59.6 cm³/mol. The SMILES string of the molecule is COCCC(N)Cc1ccccc1Cl. The van der Waals surface area contributed by atoms with E-state index in [2.05, 4.69) is 0 Å². The lowest BCUT2D eigenvalue weighted by molar-refractivity contribution is 0.188. The van der Waals surface area contributed by atoms with Crippen molar-refractivity contribution in [2.24, 2.45) is 5.73 Å². The summed E-state index contributed by atoms with van der Waals surface area (Å²) in [5, 5.41) is 0.792. The molecule has 3 heteroatoms. The molecule has 0 fully saturated rings. The molecule has 1 atom stereocenters. The first-order valence-electron chi connectivity index (χ1n) is 4.72. The molecule has 0 aliphatic carbocycles. The van der Waals surface area contributed by atoms with Crippen LogP contribution in [0.15, 0.2) is 24.3 Å². The first kappa shape index (κ1) is 11.5. The molecule has 0 amide bonds. The van der Waals surface area contributed by atoms with E-state index in [1.165, 1.54) is 0 Å². The van der Waals surface area contributed by atoms with Crippen molar-refractivity contribution < 1.29 is 4.74 Å². The molecule has 2 nitrogen and oxygen atoms in total. The fourth-order valence-corrected chi connectivity index (χ4v) is 1.53. The molecule has 0 heterocycles. The summed E-state index contributed by atoms with van der Waals surface area (Å²) < 4.78 is 4.97. The molecule has 0 radical (unpaired) electrons. The monoisotopic (exact) mass is 213 g/mol. The van der Waals surface area contributed by atoms with Crippen LogP contribution in [0, 0.1) is 0 Å². The van der Waals surface area contributed by atoms with Crippen molar-refractivity contribution in [2.45, 2.75) is 18.9 Å². The van der Waals surface area contributed by atoms with Gasteiger partial charge in [-0.05, 0) is 24.5 Å². The lowest BCUT2D eigenvalue weighted by atomic mass is 10.0. The lowest BCUT2D eigenvalue weighted by Gasteiger charge is -2.11. The van der Waals surface area contributed by atoms with E-state index in [4.69, 9.17) is 22.1 Å². The maximum Gasteiger partial charge on any atom is 0.0477 e. The van der Waals surface area contributed by atoms with Crippen molar-refractivity contribution in [3.05, 3.63) is 34.9 Å². The Morgan fingerprint density at radius 3 is 2.79 bits per heavy atom. The zero-order valence-corrected chi connectivity index (χ0v) is 9.13. The van der Waals surface area contributed by atoms with Gasteiger partial charge in [-0.3, -0.25) is 0 Å². The Hall–Kier alpha value is -0.570. The van der Waals surface area contributed by atoms with E-state index in [1.54, 1.807) is 7.11 Å². The zero-order valence-electron chi connectivity index (χ0n) is 8.37. The van der Waals surface area contributed by atoms with Gasteiger partial charge in [-0.25, -0.2) is 0 Å². The number of benzene rings is 1. The van der Waals surface area contributed by atoms with E-state index < -0.39 is 0 Å². The van der Waals surface area contributed by atoms with E-state index in [-0.39, 0.29) is 6.04 Å². The van der Waals surface area contributed by atoms with Gasteiger partial charge in [0.2, 0.25) is 0 Å². The molecule has 0 aromatic heterocycles. The molecule has 0 aliphatic heterocycles. The minimum absolute atomic E-state index is 0.120. The molecule has 0 bridgehead atoms. The molecule has 78 valence electrons. The van der Waals surface area contributed by atoms with Crippen molar-refractivity contribution in [1.29, 1.82) is 0 Å². The van der Waals surface area contributed by atoms with Gasteiger partial charge < -0.3 is 10.5 Å². The molecule has 0 saturated carbocycles. The topological polar surface area (TPSA) is 35.2 Å². The number of hydrogen-bond acceptors (Lipinski definition) is 2. The molecule has 1 aromatic rings. The normalized spacial score (nSPS) is 12.8. The number of methoxy groups -OCH3 is 1. The van der Waals surface area contributed by atoms with Crippen LogP contribution in [0.25, 0.3) is 0 Å². The number of hydrogen-bond donors (Lipinski definition) is 1. The van der Waals surface area contributed by atoms with Gasteiger partial charge in [-0.1, -0.05) is 29.8 Å². The quantitative estimate of drug-likeness (QED) is 0.815. The van der Waals surface area contributed by atoms with E-state index in [0.717, 1.165) is 23.4 Å². The first-order chi connectivity index (χ1) is 6.74.